The summed E-state index contributed by atoms with van der Waals surface area (Å²) in [7, 11) is 0. The van der Waals surface area contributed by atoms with Gasteiger partial charge in [0.05, 0.1) is 23.7 Å². The number of aliphatic hydroxyl groups is 1. The molecule has 1 aliphatic heterocycles. The molecule has 0 bridgehead atoms. The van der Waals surface area contributed by atoms with Crippen molar-refractivity contribution in [2.45, 2.75) is 32.1 Å². The molecule has 4 heteroatoms. The molecule has 0 amide bonds. The van der Waals surface area contributed by atoms with E-state index in [0.717, 1.165) is 42.9 Å². The first-order valence-electron chi connectivity index (χ1n) is 6.05. The summed E-state index contributed by atoms with van der Waals surface area (Å²) in [6.07, 6.45) is 2.49. The van der Waals surface area contributed by atoms with E-state index in [4.69, 9.17) is 4.74 Å². The Hall–Kier alpha value is -1.39. The lowest BCUT2D eigenvalue weighted by Crippen LogP contribution is -2.16. The average molecular weight is 232 g/mol. The number of hydrogen-bond acceptors (Lipinski definition) is 3. The number of aromatic nitrogens is 2. The zero-order valence-corrected chi connectivity index (χ0v) is 9.67. The van der Waals surface area contributed by atoms with Crippen LogP contribution in [0.5, 0.6) is 0 Å². The summed E-state index contributed by atoms with van der Waals surface area (Å²) in [4.78, 5) is 4.43. The van der Waals surface area contributed by atoms with Crippen LogP contribution < -0.4 is 0 Å². The van der Waals surface area contributed by atoms with Gasteiger partial charge in [-0.1, -0.05) is 12.1 Å². The average Bonchev–Trinajstić information content (AvgIpc) is 2.98. The Labute approximate surface area is 99.8 Å². The number of fused-ring (bicyclic) bond motifs is 1. The number of imidazole rings is 1. The van der Waals surface area contributed by atoms with Gasteiger partial charge in [-0.05, 0) is 25.0 Å². The molecule has 1 N–H and O–H groups in total. The van der Waals surface area contributed by atoms with Crippen LogP contribution in [0.4, 0.5) is 0 Å². The summed E-state index contributed by atoms with van der Waals surface area (Å²) >= 11 is 0. The lowest BCUT2D eigenvalue weighted by molar-refractivity contribution is 0.0960. The Bertz CT molecular complexity index is 515. The SMILES string of the molecule is OCc1nc2ccccc2n1CC1CCCO1. The van der Waals surface area contributed by atoms with E-state index >= 15 is 0 Å². The number of benzene rings is 1. The van der Waals surface area contributed by atoms with Crippen molar-refractivity contribution >= 4 is 11.0 Å². The molecular weight excluding hydrogens is 216 g/mol. The minimum atomic E-state index is -0.0264. The fourth-order valence-electron chi connectivity index (χ4n) is 2.44. The second kappa shape index (κ2) is 4.47. The Balaban J connectivity index is 1.99. The summed E-state index contributed by atoms with van der Waals surface area (Å²) in [5.41, 5.74) is 2.02. The summed E-state index contributed by atoms with van der Waals surface area (Å²) in [6, 6.07) is 7.97. The summed E-state index contributed by atoms with van der Waals surface area (Å²) in [5.74, 6) is 0.724. The second-order valence-electron chi connectivity index (χ2n) is 4.42. The van der Waals surface area contributed by atoms with Gasteiger partial charge in [0.25, 0.3) is 0 Å². The van der Waals surface area contributed by atoms with Crippen molar-refractivity contribution in [3.63, 3.8) is 0 Å². The third kappa shape index (κ3) is 1.94. The van der Waals surface area contributed by atoms with Gasteiger partial charge in [0, 0.05) is 6.61 Å². The van der Waals surface area contributed by atoms with Crippen molar-refractivity contribution in [2.24, 2.45) is 0 Å². The van der Waals surface area contributed by atoms with Gasteiger partial charge >= 0.3 is 0 Å². The third-order valence-electron chi connectivity index (χ3n) is 3.29. The van der Waals surface area contributed by atoms with E-state index in [0.29, 0.717) is 0 Å². The molecule has 1 aromatic heterocycles. The third-order valence-corrected chi connectivity index (χ3v) is 3.29. The molecule has 1 aliphatic rings. The summed E-state index contributed by atoms with van der Waals surface area (Å²) in [6.45, 7) is 1.61. The van der Waals surface area contributed by atoms with Gasteiger partial charge in [-0.15, -0.1) is 0 Å². The molecular formula is C13H16N2O2. The van der Waals surface area contributed by atoms with Gasteiger partial charge in [0.1, 0.15) is 12.4 Å². The van der Waals surface area contributed by atoms with E-state index < -0.39 is 0 Å². The molecule has 1 atom stereocenters. The lowest BCUT2D eigenvalue weighted by atomic mass is 10.2. The standard InChI is InChI=1S/C13H16N2O2/c16-9-13-14-11-5-1-2-6-12(11)15(13)8-10-4-3-7-17-10/h1-2,5-6,10,16H,3-4,7-9H2. The van der Waals surface area contributed by atoms with Crippen LogP contribution in [0.25, 0.3) is 11.0 Å². The Morgan fingerprint density at radius 2 is 2.29 bits per heavy atom. The summed E-state index contributed by atoms with van der Waals surface area (Å²) < 4.78 is 7.72. The molecule has 0 saturated carbocycles. The zero-order chi connectivity index (χ0) is 11.7. The number of ether oxygens (including phenoxy) is 1. The highest BCUT2D eigenvalue weighted by Gasteiger charge is 2.19. The normalized spacial score (nSPS) is 20.2. The van der Waals surface area contributed by atoms with Crippen LogP contribution in [-0.4, -0.2) is 27.4 Å². The fourth-order valence-corrected chi connectivity index (χ4v) is 2.44. The minimum Gasteiger partial charge on any atom is -0.388 e. The number of hydrogen-bond donors (Lipinski definition) is 1. The predicted molar refractivity (Wildman–Crippen MR) is 64.6 cm³/mol. The van der Waals surface area contributed by atoms with Gasteiger partial charge in [0.2, 0.25) is 0 Å². The molecule has 3 rings (SSSR count). The van der Waals surface area contributed by atoms with Crippen LogP contribution >= 0.6 is 0 Å². The van der Waals surface area contributed by atoms with E-state index in [9.17, 15) is 5.11 Å². The fraction of sp³-hybridized carbons (Fsp3) is 0.462. The minimum absolute atomic E-state index is 0.0264. The maximum absolute atomic E-state index is 9.37. The van der Waals surface area contributed by atoms with Gasteiger partial charge in [-0.3, -0.25) is 0 Å². The van der Waals surface area contributed by atoms with Crippen LogP contribution in [0.3, 0.4) is 0 Å². The van der Waals surface area contributed by atoms with Crippen LogP contribution in [0.2, 0.25) is 0 Å². The zero-order valence-electron chi connectivity index (χ0n) is 9.67. The van der Waals surface area contributed by atoms with Crippen molar-refractivity contribution in [3.05, 3.63) is 30.1 Å². The Morgan fingerprint density at radius 1 is 1.41 bits per heavy atom. The van der Waals surface area contributed by atoms with Gasteiger partial charge in [0.15, 0.2) is 0 Å². The summed E-state index contributed by atoms with van der Waals surface area (Å²) in [5, 5.41) is 9.37. The molecule has 0 radical (unpaired) electrons. The van der Waals surface area contributed by atoms with Crippen LogP contribution in [0.1, 0.15) is 18.7 Å². The first-order chi connectivity index (χ1) is 8.38. The van der Waals surface area contributed by atoms with Crippen LogP contribution in [0, 0.1) is 0 Å². The van der Waals surface area contributed by atoms with E-state index in [-0.39, 0.29) is 12.7 Å². The molecule has 1 unspecified atom stereocenters. The van der Waals surface area contributed by atoms with Crippen LogP contribution in [0.15, 0.2) is 24.3 Å². The maximum Gasteiger partial charge on any atom is 0.135 e. The second-order valence-corrected chi connectivity index (χ2v) is 4.42. The van der Waals surface area contributed by atoms with Crippen molar-refractivity contribution in [1.82, 2.24) is 9.55 Å². The highest BCUT2D eigenvalue weighted by molar-refractivity contribution is 5.75. The molecule has 0 aliphatic carbocycles. The van der Waals surface area contributed by atoms with E-state index in [2.05, 4.69) is 9.55 Å². The van der Waals surface area contributed by atoms with Gasteiger partial charge in [-0.2, -0.15) is 0 Å². The molecule has 1 fully saturated rings. The van der Waals surface area contributed by atoms with Crippen LogP contribution in [-0.2, 0) is 17.9 Å². The number of para-hydroxylation sites is 2. The number of nitrogens with zero attached hydrogens (tertiary/aromatic N) is 2. The number of rotatable bonds is 3. The molecule has 2 aromatic rings. The number of aliphatic hydroxyl groups excluding tert-OH is 1. The van der Waals surface area contributed by atoms with E-state index in [1.54, 1.807) is 0 Å². The van der Waals surface area contributed by atoms with Crippen molar-refractivity contribution < 1.29 is 9.84 Å². The highest BCUT2D eigenvalue weighted by Crippen LogP contribution is 2.20. The topological polar surface area (TPSA) is 47.3 Å². The van der Waals surface area contributed by atoms with Gasteiger partial charge < -0.3 is 14.4 Å². The monoisotopic (exact) mass is 232 g/mol. The quantitative estimate of drug-likeness (QED) is 0.876. The molecule has 90 valence electrons. The first-order valence-corrected chi connectivity index (χ1v) is 6.05. The molecule has 4 nitrogen and oxygen atoms in total. The van der Waals surface area contributed by atoms with E-state index in [1.807, 2.05) is 24.3 Å². The predicted octanol–water partition coefficient (Wildman–Crippen LogP) is 1.71. The molecule has 2 heterocycles. The molecule has 0 spiro atoms. The van der Waals surface area contributed by atoms with Gasteiger partial charge in [-0.25, -0.2) is 4.98 Å². The smallest absolute Gasteiger partial charge is 0.135 e. The molecule has 17 heavy (non-hydrogen) atoms. The van der Waals surface area contributed by atoms with Crippen molar-refractivity contribution in [3.8, 4) is 0 Å². The maximum atomic E-state index is 9.37. The molecule has 1 aromatic carbocycles. The van der Waals surface area contributed by atoms with Crippen molar-refractivity contribution in [2.75, 3.05) is 6.61 Å². The van der Waals surface area contributed by atoms with Crippen molar-refractivity contribution in [1.29, 1.82) is 0 Å². The highest BCUT2D eigenvalue weighted by atomic mass is 16.5. The lowest BCUT2D eigenvalue weighted by Gasteiger charge is -2.13. The van der Waals surface area contributed by atoms with E-state index in [1.165, 1.54) is 0 Å². The molecule has 1 saturated heterocycles. The largest absolute Gasteiger partial charge is 0.388 e. The first kappa shape index (κ1) is 10.7. The Kier molecular flexibility index (Phi) is 2.82. The Morgan fingerprint density at radius 3 is 3.06 bits per heavy atom.